The maximum atomic E-state index is 12.3. The quantitative estimate of drug-likeness (QED) is 0.288. The van der Waals surface area contributed by atoms with E-state index in [1.807, 2.05) is 35.0 Å². The predicted molar refractivity (Wildman–Crippen MR) is 106 cm³/mol. The Labute approximate surface area is 166 Å². The molecule has 0 saturated carbocycles. The number of tetrazole rings is 1. The molecule has 0 radical (unpaired) electrons. The Kier molecular flexibility index (Phi) is 5.12. The zero-order valence-electron chi connectivity index (χ0n) is 15.3. The van der Waals surface area contributed by atoms with Crippen molar-refractivity contribution in [3.63, 3.8) is 0 Å². The van der Waals surface area contributed by atoms with Crippen LogP contribution in [0.1, 0.15) is 12.0 Å². The third-order valence-corrected chi connectivity index (χ3v) is 4.33. The van der Waals surface area contributed by atoms with Crippen LogP contribution in [0.25, 0.3) is 22.7 Å². The number of rotatable bonds is 6. The first-order valence-corrected chi connectivity index (χ1v) is 8.93. The molecule has 0 N–H and O–H groups in total. The molecule has 4 rings (SSSR count). The summed E-state index contributed by atoms with van der Waals surface area (Å²) in [5, 5.41) is 20.9. The van der Waals surface area contributed by atoms with Crippen molar-refractivity contribution >= 4 is 22.9 Å². The Morgan fingerprint density at radius 1 is 1.21 bits per heavy atom. The van der Waals surface area contributed by atoms with E-state index in [4.69, 9.17) is 10.00 Å². The zero-order valence-corrected chi connectivity index (χ0v) is 15.3. The van der Waals surface area contributed by atoms with Gasteiger partial charge in [-0.2, -0.15) is 5.26 Å². The van der Waals surface area contributed by atoms with E-state index in [9.17, 15) is 4.79 Å². The lowest BCUT2D eigenvalue weighted by atomic mass is 10.1. The number of hydrogen-bond donors (Lipinski definition) is 0. The molecule has 0 aliphatic heterocycles. The molecule has 0 saturated heterocycles. The van der Waals surface area contributed by atoms with Crippen LogP contribution in [0.4, 0.5) is 0 Å². The fourth-order valence-electron chi connectivity index (χ4n) is 3.04. The van der Waals surface area contributed by atoms with Crippen molar-refractivity contribution < 1.29 is 9.53 Å². The van der Waals surface area contributed by atoms with Gasteiger partial charge in [0.15, 0.2) is 0 Å². The Bertz CT molecular complexity index is 1220. The van der Waals surface area contributed by atoms with E-state index >= 15 is 0 Å². The SMILES string of the molecule is N#CCCn1cc(C=CC(=O)Oc2cccc(-n3cnnn3)c2)c2ccccc21. The number of fused-ring (bicyclic) bond motifs is 1. The van der Waals surface area contributed by atoms with Crippen LogP contribution < -0.4 is 4.74 Å². The number of esters is 1. The Hall–Kier alpha value is -4.25. The second kappa shape index (κ2) is 8.19. The summed E-state index contributed by atoms with van der Waals surface area (Å²) >= 11 is 0. The van der Waals surface area contributed by atoms with Gasteiger partial charge in [0.1, 0.15) is 12.1 Å². The smallest absolute Gasteiger partial charge is 0.336 e. The highest BCUT2D eigenvalue weighted by atomic mass is 16.5. The molecule has 0 unspecified atom stereocenters. The van der Waals surface area contributed by atoms with Gasteiger partial charge in [-0.15, -0.1) is 5.10 Å². The van der Waals surface area contributed by atoms with Crippen molar-refractivity contribution in [2.75, 3.05) is 0 Å². The second-order valence-electron chi connectivity index (χ2n) is 6.21. The molecule has 2 aromatic carbocycles. The van der Waals surface area contributed by atoms with Gasteiger partial charge in [-0.05, 0) is 34.7 Å². The number of ether oxygens (including phenoxy) is 1. The number of aryl methyl sites for hydroxylation is 1. The first-order chi connectivity index (χ1) is 14.2. The molecule has 4 aromatic rings. The summed E-state index contributed by atoms with van der Waals surface area (Å²) < 4.78 is 8.89. The van der Waals surface area contributed by atoms with Crippen molar-refractivity contribution in [3.05, 3.63) is 72.7 Å². The molecule has 0 aliphatic carbocycles. The number of carbonyl (C=O) groups is 1. The number of carbonyl (C=O) groups excluding carboxylic acids is 1. The van der Waals surface area contributed by atoms with Crippen LogP contribution in [0, 0.1) is 11.3 Å². The molecule has 29 heavy (non-hydrogen) atoms. The molecule has 0 bridgehead atoms. The van der Waals surface area contributed by atoms with E-state index in [0.717, 1.165) is 16.5 Å². The highest BCUT2D eigenvalue weighted by Crippen LogP contribution is 2.23. The van der Waals surface area contributed by atoms with Gasteiger partial charge in [0.2, 0.25) is 0 Å². The number of para-hydroxylation sites is 1. The third kappa shape index (κ3) is 4.04. The summed E-state index contributed by atoms with van der Waals surface area (Å²) in [6.07, 6.45) is 6.92. The van der Waals surface area contributed by atoms with Gasteiger partial charge in [-0.25, -0.2) is 9.48 Å². The van der Waals surface area contributed by atoms with Crippen LogP contribution in [0.15, 0.2) is 67.1 Å². The molecule has 0 amide bonds. The summed E-state index contributed by atoms with van der Waals surface area (Å²) in [5.41, 5.74) is 2.59. The zero-order chi connectivity index (χ0) is 20.1. The fourth-order valence-corrected chi connectivity index (χ4v) is 3.04. The van der Waals surface area contributed by atoms with Gasteiger partial charge in [0.05, 0.1) is 18.2 Å². The summed E-state index contributed by atoms with van der Waals surface area (Å²) in [6.45, 7) is 0.596. The molecule has 0 spiro atoms. The summed E-state index contributed by atoms with van der Waals surface area (Å²) in [5.74, 6) is -0.100. The molecular weight excluding hydrogens is 368 g/mol. The average molecular weight is 384 g/mol. The normalized spacial score (nSPS) is 11.0. The first-order valence-electron chi connectivity index (χ1n) is 8.93. The van der Waals surface area contributed by atoms with E-state index in [1.165, 1.54) is 17.1 Å². The molecule has 8 heteroatoms. The van der Waals surface area contributed by atoms with Crippen molar-refractivity contribution in [1.29, 1.82) is 5.26 Å². The number of nitrogens with zero attached hydrogens (tertiary/aromatic N) is 6. The minimum absolute atomic E-state index is 0.393. The standard InChI is InChI=1S/C21H16N6O2/c22-11-4-12-26-14-16(19-7-1-2-8-20(19)26)9-10-21(28)29-18-6-3-5-17(13-18)27-15-23-24-25-27/h1-3,5-10,13-15H,4,12H2. The minimum Gasteiger partial charge on any atom is -0.423 e. The van der Waals surface area contributed by atoms with Crippen molar-refractivity contribution in [3.8, 4) is 17.5 Å². The number of hydrogen-bond acceptors (Lipinski definition) is 6. The lowest BCUT2D eigenvalue weighted by Gasteiger charge is -2.04. The van der Waals surface area contributed by atoms with Gasteiger partial charge in [-0.1, -0.05) is 24.3 Å². The molecule has 0 atom stereocenters. The summed E-state index contributed by atoms with van der Waals surface area (Å²) in [7, 11) is 0. The average Bonchev–Trinajstić information content (AvgIpc) is 3.40. The monoisotopic (exact) mass is 384 g/mol. The third-order valence-electron chi connectivity index (χ3n) is 4.33. The highest BCUT2D eigenvalue weighted by molar-refractivity contribution is 5.95. The summed E-state index contributed by atoms with van der Waals surface area (Å²) in [6, 6.07) is 16.9. The van der Waals surface area contributed by atoms with Gasteiger partial charge in [0, 0.05) is 41.4 Å². The predicted octanol–water partition coefficient (Wildman–Crippen LogP) is 3.15. The molecule has 142 valence electrons. The van der Waals surface area contributed by atoms with Gasteiger partial charge >= 0.3 is 5.97 Å². The van der Waals surface area contributed by atoms with Gasteiger partial charge in [0.25, 0.3) is 0 Å². The second-order valence-corrected chi connectivity index (χ2v) is 6.21. The van der Waals surface area contributed by atoms with Crippen LogP contribution in [0.2, 0.25) is 0 Å². The minimum atomic E-state index is -0.493. The number of aromatic nitrogens is 5. The Balaban J connectivity index is 1.52. The van der Waals surface area contributed by atoms with E-state index in [2.05, 4.69) is 21.6 Å². The fraction of sp³-hybridized carbons (Fsp3) is 0.0952. The maximum absolute atomic E-state index is 12.3. The Morgan fingerprint density at radius 2 is 2.10 bits per heavy atom. The lowest BCUT2D eigenvalue weighted by Crippen LogP contribution is -2.04. The Morgan fingerprint density at radius 3 is 2.93 bits per heavy atom. The van der Waals surface area contributed by atoms with Crippen LogP contribution >= 0.6 is 0 Å². The maximum Gasteiger partial charge on any atom is 0.336 e. The van der Waals surface area contributed by atoms with Crippen molar-refractivity contribution in [2.24, 2.45) is 0 Å². The van der Waals surface area contributed by atoms with Crippen LogP contribution in [0.3, 0.4) is 0 Å². The van der Waals surface area contributed by atoms with Crippen molar-refractivity contribution in [1.82, 2.24) is 24.8 Å². The molecule has 2 aromatic heterocycles. The van der Waals surface area contributed by atoms with E-state index < -0.39 is 5.97 Å². The summed E-state index contributed by atoms with van der Waals surface area (Å²) in [4.78, 5) is 12.3. The van der Waals surface area contributed by atoms with Crippen LogP contribution in [-0.4, -0.2) is 30.7 Å². The van der Waals surface area contributed by atoms with Crippen molar-refractivity contribution in [2.45, 2.75) is 13.0 Å². The topological polar surface area (TPSA) is 98.6 Å². The van der Waals surface area contributed by atoms with Gasteiger partial charge in [-0.3, -0.25) is 0 Å². The van der Waals surface area contributed by atoms with Crippen LogP contribution in [-0.2, 0) is 11.3 Å². The molecule has 2 heterocycles. The van der Waals surface area contributed by atoms with E-state index in [0.29, 0.717) is 24.4 Å². The van der Waals surface area contributed by atoms with E-state index in [-0.39, 0.29) is 0 Å². The lowest BCUT2D eigenvalue weighted by molar-refractivity contribution is -0.128. The van der Waals surface area contributed by atoms with E-state index in [1.54, 1.807) is 30.3 Å². The van der Waals surface area contributed by atoms with Gasteiger partial charge < -0.3 is 9.30 Å². The highest BCUT2D eigenvalue weighted by Gasteiger charge is 2.08. The molecule has 8 nitrogen and oxygen atoms in total. The largest absolute Gasteiger partial charge is 0.423 e. The molecule has 0 fully saturated rings. The first kappa shape index (κ1) is 18.1. The number of benzene rings is 2. The molecular formula is C21H16N6O2. The van der Waals surface area contributed by atoms with Crippen LogP contribution in [0.5, 0.6) is 5.75 Å². The number of nitriles is 1. The molecule has 0 aliphatic rings.